The van der Waals surface area contributed by atoms with Gasteiger partial charge in [0.1, 0.15) is 0 Å². The molecule has 1 heterocycles. The lowest BCUT2D eigenvalue weighted by Gasteiger charge is -2.42. The first kappa shape index (κ1) is 13.8. The molecule has 1 amide bonds. The quantitative estimate of drug-likeness (QED) is 0.831. The van der Waals surface area contributed by atoms with Crippen molar-refractivity contribution in [3.8, 4) is 0 Å². The number of morpholine rings is 1. The van der Waals surface area contributed by atoms with Crippen molar-refractivity contribution in [2.45, 2.75) is 58.1 Å². The fourth-order valence-electron chi connectivity index (χ4n) is 3.29. The molecule has 2 unspecified atom stereocenters. The minimum absolute atomic E-state index is 0.146. The van der Waals surface area contributed by atoms with Crippen LogP contribution in [0.25, 0.3) is 0 Å². The number of rotatable bonds is 3. The van der Waals surface area contributed by atoms with Gasteiger partial charge in [-0.2, -0.15) is 0 Å². The number of ether oxygens (including phenoxy) is 1. The minimum Gasteiger partial charge on any atom is -0.375 e. The van der Waals surface area contributed by atoms with Gasteiger partial charge in [-0.15, -0.1) is 0 Å². The third-order valence-corrected chi connectivity index (χ3v) is 4.60. The molecule has 0 bridgehead atoms. The molecule has 0 aromatic heterocycles. The number of nitrogens with two attached hydrogens (primary N) is 1. The molecule has 1 aliphatic heterocycles. The summed E-state index contributed by atoms with van der Waals surface area (Å²) in [6.45, 7) is 6.04. The van der Waals surface area contributed by atoms with Crippen LogP contribution in [-0.4, -0.2) is 42.6 Å². The molecule has 18 heavy (non-hydrogen) atoms. The van der Waals surface area contributed by atoms with Crippen LogP contribution in [0.4, 0.5) is 0 Å². The molecule has 4 nitrogen and oxygen atoms in total. The minimum atomic E-state index is -0.273. The molecule has 2 atom stereocenters. The Balaban J connectivity index is 2.14. The highest BCUT2D eigenvalue weighted by atomic mass is 16.5. The molecule has 1 saturated carbocycles. The van der Waals surface area contributed by atoms with Crippen LogP contribution >= 0.6 is 0 Å². The number of carbonyl (C=O) groups is 1. The van der Waals surface area contributed by atoms with Crippen molar-refractivity contribution in [2.24, 2.45) is 11.1 Å². The highest BCUT2D eigenvalue weighted by Crippen LogP contribution is 2.39. The van der Waals surface area contributed by atoms with Crippen LogP contribution in [-0.2, 0) is 9.53 Å². The second-order valence-corrected chi connectivity index (χ2v) is 5.86. The maximum Gasteiger partial charge on any atom is 0.230 e. The number of hydrogen-bond acceptors (Lipinski definition) is 3. The Labute approximate surface area is 110 Å². The van der Waals surface area contributed by atoms with E-state index in [1.165, 1.54) is 0 Å². The summed E-state index contributed by atoms with van der Waals surface area (Å²) in [6.07, 6.45) is 5.31. The lowest BCUT2D eigenvalue weighted by molar-refractivity contribution is -0.154. The van der Waals surface area contributed by atoms with E-state index in [4.69, 9.17) is 10.5 Å². The SMILES string of the molecule is CCC1COC(C)CN1C(=O)C1(CN)CCCC1. The average Bonchev–Trinajstić information content (AvgIpc) is 2.87. The summed E-state index contributed by atoms with van der Waals surface area (Å²) in [5.41, 5.74) is 5.65. The first-order valence-corrected chi connectivity index (χ1v) is 7.25. The van der Waals surface area contributed by atoms with Crippen molar-refractivity contribution >= 4 is 5.91 Å². The van der Waals surface area contributed by atoms with Crippen molar-refractivity contribution in [1.82, 2.24) is 4.90 Å². The van der Waals surface area contributed by atoms with Crippen LogP contribution in [0.5, 0.6) is 0 Å². The zero-order valence-corrected chi connectivity index (χ0v) is 11.7. The number of nitrogens with zero attached hydrogens (tertiary/aromatic N) is 1. The average molecular weight is 254 g/mol. The molecule has 0 aromatic rings. The molecule has 0 aromatic carbocycles. The van der Waals surface area contributed by atoms with E-state index < -0.39 is 0 Å². The normalized spacial score (nSPS) is 31.6. The van der Waals surface area contributed by atoms with Crippen LogP contribution in [0.2, 0.25) is 0 Å². The third kappa shape index (κ3) is 2.41. The first-order chi connectivity index (χ1) is 8.63. The van der Waals surface area contributed by atoms with Crippen LogP contribution in [0.3, 0.4) is 0 Å². The van der Waals surface area contributed by atoms with Crippen LogP contribution in [0.15, 0.2) is 0 Å². The molecular formula is C14H26N2O2. The van der Waals surface area contributed by atoms with E-state index in [0.717, 1.165) is 38.6 Å². The van der Waals surface area contributed by atoms with Gasteiger partial charge in [0.25, 0.3) is 0 Å². The van der Waals surface area contributed by atoms with Gasteiger partial charge in [-0.1, -0.05) is 19.8 Å². The van der Waals surface area contributed by atoms with Crippen LogP contribution in [0, 0.1) is 5.41 Å². The molecule has 104 valence electrons. The van der Waals surface area contributed by atoms with E-state index in [1.807, 2.05) is 11.8 Å². The maximum absolute atomic E-state index is 12.9. The lowest BCUT2D eigenvalue weighted by atomic mass is 9.84. The third-order valence-electron chi connectivity index (χ3n) is 4.60. The van der Waals surface area contributed by atoms with E-state index in [-0.39, 0.29) is 23.5 Å². The fourth-order valence-corrected chi connectivity index (χ4v) is 3.29. The summed E-state index contributed by atoms with van der Waals surface area (Å²) < 4.78 is 5.67. The Morgan fingerprint density at radius 2 is 2.11 bits per heavy atom. The number of amides is 1. The molecule has 2 rings (SSSR count). The Bertz CT molecular complexity index is 300. The monoisotopic (exact) mass is 254 g/mol. The van der Waals surface area contributed by atoms with Gasteiger partial charge >= 0.3 is 0 Å². The Morgan fingerprint density at radius 1 is 1.44 bits per heavy atom. The summed E-state index contributed by atoms with van der Waals surface area (Å²) >= 11 is 0. The summed E-state index contributed by atoms with van der Waals surface area (Å²) in [6, 6.07) is 0.234. The zero-order chi connectivity index (χ0) is 13.2. The van der Waals surface area contributed by atoms with Crippen molar-refractivity contribution in [2.75, 3.05) is 19.7 Å². The highest BCUT2D eigenvalue weighted by Gasteiger charge is 2.44. The summed E-state index contributed by atoms with van der Waals surface area (Å²) in [4.78, 5) is 14.9. The zero-order valence-electron chi connectivity index (χ0n) is 11.7. The molecule has 2 fully saturated rings. The molecule has 1 aliphatic carbocycles. The lowest BCUT2D eigenvalue weighted by Crippen LogP contribution is -2.56. The molecule has 4 heteroatoms. The second-order valence-electron chi connectivity index (χ2n) is 5.86. The predicted molar refractivity (Wildman–Crippen MR) is 71.2 cm³/mol. The molecule has 0 spiro atoms. The van der Waals surface area contributed by atoms with E-state index in [9.17, 15) is 4.79 Å². The van der Waals surface area contributed by atoms with E-state index in [2.05, 4.69) is 6.92 Å². The van der Waals surface area contributed by atoms with Gasteiger partial charge in [0.15, 0.2) is 0 Å². The van der Waals surface area contributed by atoms with Gasteiger partial charge in [0.2, 0.25) is 5.91 Å². The van der Waals surface area contributed by atoms with Crippen molar-refractivity contribution < 1.29 is 9.53 Å². The summed E-state index contributed by atoms with van der Waals surface area (Å²) in [7, 11) is 0. The van der Waals surface area contributed by atoms with Crippen molar-refractivity contribution in [3.63, 3.8) is 0 Å². The van der Waals surface area contributed by atoms with Crippen LogP contribution < -0.4 is 5.73 Å². The molecule has 1 saturated heterocycles. The van der Waals surface area contributed by atoms with E-state index >= 15 is 0 Å². The van der Waals surface area contributed by atoms with Gasteiger partial charge in [0, 0.05) is 13.1 Å². The van der Waals surface area contributed by atoms with Gasteiger partial charge in [-0.25, -0.2) is 0 Å². The summed E-state index contributed by atoms with van der Waals surface area (Å²) in [5.74, 6) is 0.282. The van der Waals surface area contributed by atoms with E-state index in [0.29, 0.717) is 13.2 Å². The number of carbonyl (C=O) groups excluding carboxylic acids is 1. The maximum atomic E-state index is 12.9. The summed E-state index contributed by atoms with van der Waals surface area (Å²) in [5, 5.41) is 0. The highest BCUT2D eigenvalue weighted by molar-refractivity contribution is 5.83. The topological polar surface area (TPSA) is 55.6 Å². The van der Waals surface area contributed by atoms with Crippen molar-refractivity contribution in [3.05, 3.63) is 0 Å². The van der Waals surface area contributed by atoms with Gasteiger partial charge < -0.3 is 15.4 Å². The smallest absolute Gasteiger partial charge is 0.230 e. The van der Waals surface area contributed by atoms with Gasteiger partial charge in [-0.3, -0.25) is 4.79 Å². The Hall–Kier alpha value is -0.610. The van der Waals surface area contributed by atoms with Gasteiger partial charge in [0.05, 0.1) is 24.2 Å². The fraction of sp³-hybridized carbons (Fsp3) is 0.929. The second kappa shape index (κ2) is 5.57. The molecular weight excluding hydrogens is 228 g/mol. The van der Waals surface area contributed by atoms with E-state index in [1.54, 1.807) is 0 Å². The molecule has 0 radical (unpaired) electrons. The number of hydrogen-bond donors (Lipinski definition) is 1. The standard InChI is InChI=1S/C14H26N2O2/c1-3-12-9-18-11(2)8-16(12)13(17)14(10-15)6-4-5-7-14/h11-12H,3-10,15H2,1-2H3. The predicted octanol–water partition coefficient (Wildman–Crippen LogP) is 1.53. The Morgan fingerprint density at radius 3 is 2.67 bits per heavy atom. The molecule has 2 aliphatic rings. The molecule has 2 N–H and O–H groups in total. The van der Waals surface area contributed by atoms with Crippen LogP contribution in [0.1, 0.15) is 46.0 Å². The van der Waals surface area contributed by atoms with Gasteiger partial charge in [-0.05, 0) is 26.2 Å². The van der Waals surface area contributed by atoms with Crippen molar-refractivity contribution in [1.29, 1.82) is 0 Å². The first-order valence-electron chi connectivity index (χ1n) is 7.25. The largest absolute Gasteiger partial charge is 0.375 e. The Kier molecular flexibility index (Phi) is 4.28.